The molecule has 0 fully saturated rings. The van der Waals surface area contributed by atoms with E-state index in [0.717, 1.165) is 0 Å². The van der Waals surface area contributed by atoms with Gasteiger partial charge in [0.2, 0.25) is 5.12 Å². The molecule has 1 aromatic carbocycles. The Morgan fingerprint density at radius 3 is 1.83 bits per heavy atom. The highest BCUT2D eigenvalue weighted by atomic mass is 35.5. The fraction of sp³-hybridized carbons (Fsp3) is 0. The maximum atomic E-state index is 10.7. The maximum absolute atomic E-state index is 10.7. The zero-order valence-electron chi connectivity index (χ0n) is 5.95. The Bertz CT molecular complexity index is 285. The fourth-order valence-corrected chi connectivity index (χ4v) is 1.02. The van der Waals surface area contributed by atoms with Gasteiger partial charge in [-0.3, -0.25) is 9.59 Å². The summed E-state index contributed by atoms with van der Waals surface area (Å²) in [6, 6.07) is 5.98. The molecule has 0 aliphatic heterocycles. The second-order valence-electron chi connectivity index (χ2n) is 2.16. The summed E-state index contributed by atoms with van der Waals surface area (Å²) in [5, 5.41) is -0.864. The van der Waals surface area contributed by atoms with Gasteiger partial charge in [-0.2, -0.15) is 0 Å². The van der Waals surface area contributed by atoms with Crippen molar-refractivity contribution >= 4 is 34.6 Å². The van der Waals surface area contributed by atoms with Crippen LogP contribution in [0, 0.1) is 0 Å². The van der Waals surface area contributed by atoms with E-state index in [1.54, 1.807) is 0 Å². The summed E-state index contributed by atoms with van der Waals surface area (Å²) < 4.78 is 0. The molecule has 12 heavy (non-hydrogen) atoms. The Balaban J connectivity index is 3.01. The van der Waals surface area contributed by atoms with Crippen LogP contribution >= 0.6 is 24.2 Å². The third-order valence-corrected chi connectivity index (χ3v) is 1.84. The van der Waals surface area contributed by atoms with Gasteiger partial charge in [-0.15, -0.1) is 12.6 Å². The van der Waals surface area contributed by atoms with Crippen molar-refractivity contribution in [1.29, 1.82) is 0 Å². The molecule has 0 saturated carbocycles. The average molecular weight is 201 g/mol. The molecular formula is C8H5ClO2S. The van der Waals surface area contributed by atoms with Crippen molar-refractivity contribution in [3.63, 3.8) is 0 Å². The van der Waals surface area contributed by atoms with Crippen LogP contribution in [0.3, 0.4) is 0 Å². The lowest BCUT2D eigenvalue weighted by Crippen LogP contribution is -1.92. The number of carbonyl (C=O) groups is 2. The van der Waals surface area contributed by atoms with Gasteiger partial charge >= 0.3 is 0 Å². The predicted molar refractivity (Wildman–Crippen MR) is 49.9 cm³/mol. The van der Waals surface area contributed by atoms with Crippen LogP contribution in [0.15, 0.2) is 24.3 Å². The molecule has 2 nitrogen and oxygen atoms in total. The normalized spacial score (nSPS) is 9.50. The molecule has 0 bridgehead atoms. The summed E-state index contributed by atoms with van der Waals surface area (Å²) in [4.78, 5) is 21.3. The number of benzene rings is 1. The van der Waals surface area contributed by atoms with E-state index in [0.29, 0.717) is 11.1 Å². The number of hydrogen-bond acceptors (Lipinski definition) is 2. The lowest BCUT2D eigenvalue weighted by Gasteiger charge is -1.94. The first kappa shape index (κ1) is 9.29. The number of halogens is 1. The van der Waals surface area contributed by atoms with Crippen molar-refractivity contribution in [1.82, 2.24) is 0 Å². The minimum atomic E-state index is -0.534. The summed E-state index contributed by atoms with van der Waals surface area (Å²) >= 11 is 8.81. The smallest absolute Gasteiger partial charge is 0.252 e. The third-order valence-electron chi connectivity index (χ3n) is 1.36. The molecule has 1 aromatic rings. The standard InChI is InChI=1S/C8H5ClO2S/c9-7(10)5-1-3-6(4-2-5)8(11)12/h1-4H,(H,11,12). The van der Waals surface area contributed by atoms with E-state index < -0.39 is 5.24 Å². The van der Waals surface area contributed by atoms with Gasteiger partial charge in [0.25, 0.3) is 5.24 Å². The van der Waals surface area contributed by atoms with Crippen molar-refractivity contribution in [2.24, 2.45) is 0 Å². The van der Waals surface area contributed by atoms with Crippen LogP contribution in [0.25, 0.3) is 0 Å². The maximum Gasteiger partial charge on any atom is 0.252 e. The van der Waals surface area contributed by atoms with Gasteiger partial charge in [0.1, 0.15) is 0 Å². The number of carbonyl (C=O) groups excluding carboxylic acids is 2. The molecule has 0 N–H and O–H groups in total. The summed E-state index contributed by atoms with van der Waals surface area (Å²) in [5.74, 6) is 0. The van der Waals surface area contributed by atoms with E-state index in [2.05, 4.69) is 12.6 Å². The lowest BCUT2D eigenvalue weighted by molar-refractivity contribution is 0.107. The Labute approximate surface area is 79.9 Å². The SMILES string of the molecule is O=C(S)c1ccc(C(=O)Cl)cc1. The van der Waals surface area contributed by atoms with Gasteiger partial charge in [0.05, 0.1) is 0 Å². The molecule has 4 heteroatoms. The molecule has 0 saturated heterocycles. The van der Waals surface area contributed by atoms with Crippen LogP contribution in [0.5, 0.6) is 0 Å². The summed E-state index contributed by atoms with van der Waals surface area (Å²) in [6.07, 6.45) is 0. The summed E-state index contributed by atoms with van der Waals surface area (Å²) in [7, 11) is 0. The monoisotopic (exact) mass is 200 g/mol. The molecule has 0 atom stereocenters. The van der Waals surface area contributed by atoms with E-state index in [9.17, 15) is 9.59 Å². The number of thiol groups is 1. The number of rotatable bonds is 2. The van der Waals surface area contributed by atoms with E-state index in [4.69, 9.17) is 11.6 Å². The molecule has 0 heterocycles. The van der Waals surface area contributed by atoms with E-state index in [-0.39, 0.29) is 5.12 Å². The Hall–Kier alpha value is -0.800. The Morgan fingerprint density at radius 2 is 1.50 bits per heavy atom. The molecule has 0 aromatic heterocycles. The zero-order valence-corrected chi connectivity index (χ0v) is 7.60. The summed E-state index contributed by atoms with van der Waals surface area (Å²) in [5.41, 5.74) is 0.815. The van der Waals surface area contributed by atoms with Crippen LogP contribution in [-0.4, -0.2) is 10.4 Å². The molecule has 0 unspecified atom stereocenters. The molecule has 0 radical (unpaired) electrons. The average Bonchev–Trinajstić information content (AvgIpc) is 2.04. The van der Waals surface area contributed by atoms with Gasteiger partial charge in [-0.25, -0.2) is 0 Å². The van der Waals surface area contributed by atoms with E-state index >= 15 is 0 Å². The van der Waals surface area contributed by atoms with Crippen molar-refractivity contribution < 1.29 is 9.59 Å². The van der Waals surface area contributed by atoms with Crippen molar-refractivity contribution in [2.45, 2.75) is 0 Å². The van der Waals surface area contributed by atoms with Crippen LogP contribution in [0.4, 0.5) is 0 Å². The third kappa shape index (κ3) is 2.09. The minimum absolute atomic E-state index is 0.330. The Morgan fingerprint density at radius 1 is 1.08 bits per heavy atom. The quantitative estimate of drug-likeness (QED) is 0.586. The predicted octanol–water partition coefficient (Wildman–Crippen LogP) is 2.14. The topological polar surface area (TPSA) is 34.1 Å². The molecule has 0 spiro atoms. The fourth-order valence-electron chi connectivity index (χ4n) is 0.744. The second-order valence-corrected chi connectivity index (χ2v) is 2.91. The highest BCUT2D eigenvalue weighted by molar-refractivity contribution is 7.97. The van der Waals surface area contributed by atoms with Crippen LogP contribution < -0.4 is 0 Å². The first-order valence-electron chi connectivity index (χ1n) is 3.14. The van der Waals surface area contributed by atoms with Gasteiger partial charge in [0, 0.05) is 11.1 Å². The molecule has 0 aliphatic rings. The van der Waals surface area contributed by atoms with Crippen LogP contribution in [-0.2, 0) is 0 Å². The van der Waals surface area contributed by atoms with Crippen molar-refractivity contribution in [3.8, 4) is 0 Å². The van der Waals surface area contributed by atoms with Gasteiger partial charge < -0.3 is 0 Å². The van der Waals surface area contributed by atoms with Crippen molar-refractivity contribution in [3.05, 3.63) is 35.4 Å². The minimum Gasteiger partial charge on any atom is -0.282 e. The van der Waals surface area contributed by atoms with Crippen molar-refractivity contribution in [2.75, 3.05) is 0 Å². The van der Waals surface area contributed by atoms with E-state index in [1.807, 2.05) is 0 Å². The van der Waals surface area contributed by atoms with Gasteiger partial charge in [-0.1, -0.05) is 0 Å². The largest absolute Gasteiger partial charge is 0.282 e. The second kappa shape index (κ2) is 3.74. The molecule has 1 rings (SSSR count). The molecule has 62 valence electrons. The zero-order chi connectivity index (χ0) is 9.14. The summed E-state index contributed by atoms with van der Waals surface area (Å²) in [6.45, 7) is 0. The first-order chi connectivity index (χ1) is 5.61. The van der Waals surface area contributed by atoms with Gasteiger partial charge in [-0.05, 0) is 35.9 Å². The molecule has 0 amide bonds. The molecule has 0 aliphatic carbocycles. The molecular weight excluding hydrogens is 196 g/mol. The number of hydrogen-bond donors (Lipinski definition) is 1. The van der Waals surface area contributed by atoms with E-state index in [1.165, 1.54) is 24.3 Å². The Kier molecular flexibility index (Phi) is 2.89. The first-order valence-corrected chi connectivity index (χ1v) is 3.97. The van der Waals surface area contributed by atoms with Gasteiger partial charge in [0.15, 0.2) is 0 Å². The highest BCUT2D eigenvalue weighted by Gasteiger charge is 2.03. The highest BCUT2D eigenvalue weighted by Crippen LogP contribution is 2.08. The van der Waals surface area contributed by atoms with Crippen LogP contribution in [0.1, 0.15) is 20.7 Å². The lowest BCUT2D eigenvalue weighted by atomic mass is 10.2. The van der Waals surface area contributed by atoms with Crippen LogP contribution in [0.2, 0.25) is 0 Å².